The molecule has 86 valence electrons. The van der Waals surface area contributed by atoms with Crippen molar-refractivity contribution in [2.24, 2.45) is 0 Å². The number of aromatic nitrogens is 2. The highest BCUT2D eigenvalue weighted by atomic mass is 35.5. The van der Waals surface area contributed by atoms with Crippen LogP contribution in [0.15, 0.2) is 36.8 Å². The Balaban J connectivity index is 2.17. The van der Waals surface area contributed by atoms with Crippen molar-refractivity contribution >= 4 is 23.2 Å². The van der Waals surface area contributed by atoms with Crippen molar-refractivity contribution in [3.05, 3.63) is 47.5 Å². The third-order valence-electron chi connectivity index (χ3n) is 2.04. The van der Waals surface area contributed by atoms with Crippen LogP contribution in [0.2, 0.25) is 5.15 Å². The molecule has 0 aromatic carbocycles. The Hall–Kier alpha value is -2.14. The summed E-state index contributed by atoms with van der Waals surface area (Å²) < 4.78 is 0. The molecule has 0 saturated heterocycles. The molecule has 0 unspecified atom stereocenters. The Kier molecular flexibility index (Phi) is 3.20. The number of amides is 1. The summed E-state index contributed by atoms with van der Waals surface area (Å²) in [6, 6.07) is 4.44. The van der Waals surface area contributed by atoms with E-state index in [4.69, 9.17) is 11.6 Å². The number of aromatic hydroxyl groups is 1. The van der Waals surface area contributed by atoms with E-state index in [0.717, 1.165) is 0 Å². The van der Waals surface area contributed by atoms with Gasteiger partial charge in [0.1, 0.15) is 16.6 Å². The van der Waals surface area contributed by atoms with Gasteiger partial charge in [0.2, 0.25) is 0 Å². The van der Waals surface area contributed by atoms with Gasteiger partial charge in [0, 0.05) is 18.5 Å². The van der Waals surface area contributed by atoms with Gasteiger partial charge in [0.15, 0.2) is 0 Å². The normalized spacial score (nSPS) is 9.94. The molecule has 5 nitrogen and oxygen atoms in total. The molecule has 0 aliphatic carbocycles. The highest BCUT2D eigenvalue weighted by molar-refractivity contribution is 6.29. The standard InChI is InChI=1S/C11H8ClN3O2/c12-10-2-1-7(5-14-10)11(17)15-8-6-13-4-3-9(8)16/h1-6H,(H,13,16)(H,15,17). The van der Waals surface area contributed by atoms with Crippen LogP contribution in [0.25, 0.3) is 0 Å². The Bertz CT molecular complexity index is 543. The van der Waals surface area contributed by atoms with Crippen molar-refractivity contribution in [2.45, 2.75) is 0 Å². The molecule has 0 aliphatic heterocycles. The lowest BCUT2D eigenvalue weighted by Crippen LogP contribution is -2.12. The quantitative estimate of drug-likeness (QED) is 0.799. The summed E-state index contributed by atoms with van der Waals surface area (Å²) in [6.45, 7) is 0. The summed E-state index contributed by atoms with van der Waals surface area (Å²) in [7, 11) is 0. The average Bonchev–Trinajstić information content (AvgIpc) is 2.33. The number of halogens is 1. The van der Waals surface area contributed by atoms with Crippen LogP contribution in [-0.4, -0.2) is 21.0 Å². The molecule has 0 fully saturated rings. The first-order chi connectivity index (χ1) is 8.16. The van der Waals surface area contributed by atoms with Crippen molar-refractivity contribution in [1.82, 2.24) is 9.97 Å². The summed E-state index contributed by atoms with van der Waals surface area (Å²) in [5.74, 6) is -0.437. The molecule has 2 N–H and O–H groups in total. The second-order valence-electron chi connectivity index (χ2n) is 3.22. The molecular weight excluding hydrogens is 242 g/mol. The number of hydrogen-bond donors (Lipinski definition) is 2. The van der Waals surface area contributed by atoms with Gasteiger partial charge in [-0.15, -0.1) is 0 Å². The molecule has 2 aromatic heterocycles. The topological polar surface area (TPSA) is 75.1 Å². The van der Waals surface area contributed by atoms with Crippen molar-refractivity contribution in [3.8, 4) is 5.75 Å². The van der Waals surface area contributed by atoms with E-state index in [2.05, 4.69) is 15.3 Å². The van der Waals surface area contributed by atoms with Crippen LogP contribution in [0.5, 0.6) is 5.75 Å². The molecule has 0 bridgehead atoms. The first-order valence-electron chi connectivity index (χ1n) is 4.72. The van der Waals surface area contributed by atoms with Crippen molar-refractivity contribution in [1.29, 1.82) is 0 Å². The number of pyridine rings is 2. The van der Waals surface area contributed by atoms with E-state index in [0.29, 0.717) is 10.7 Å². The lowest BCUT2D eigenvalue weighted by molar-refractivity contribution is 0.102. The van der Waals surface area contributed by atoms with E-state index in [9.17, 15) is 9.90 Å². The zero-order chi connectivity index (χ0) is 12.3. The van der Waals surface area contributed by atoms with Crippen LogP contribution in [0.1, 0.15) is 10.4 Å². The highest BCUT2D eigenvalue weighted by Gasteiger charge is 2.08. The number of rotatable bonds is 2. The lowest BCUT2D eigenvalue weighted by Gasteiger charge is -2.05. The molecule has 0 spiro atoms. The zero-order valence-corrected chi connectivity index (χ0v) is 9.35. The molecule has 0 radical (unpaired) electrons. The molecule has 2 aromatic rings. The van der Waals surface area contributed by atoms with Crippen molar-refractivity contribution in [2.75, 3.05) is 5.32 Å². The lowest BCUT2D eigenvalue weighted by atomic mass is 10.2. The summed E-state index contributed by atoms with van der Waals surface area (Å²) in [5.41, 5.74) is 0.588. The second-order valence-corrected chi connectivity index (χ2v) is 3.60. The Morgan fingerprint density at radius 1 is 1.29 bits per heavy atom. The summed E-state index contributed by atoms with van der Waals surface area (Å²) in [4.78, 5) is 19.3. The van der Waals surface area contributed by atoms with Crippen LogP contribution in [0.4, 0.5) is 5.69 Å². The molecule has 2 heterocycles. The van der Waals surface area contributed by atoms with Gasteiger partial charge in [-0.1, -0.05) is 11.6 Å². The van der Waals surface area contributed by atoms with E-state index in [1.54, 1.807) is 0 Å². The number of carbonyl (C=O) groups is 1. The number of hydrogen-bond acceptors (Lipinski definition) is 4. The van der Waals surface area contributed by atoms with Crippen molar-refractivity contribution in [3.63, 3.8) is 0 Å². The van der Waals surface area contributed by atoms with Gasteiger partial charge in [0.25, 0.3) is 5.91 Å². The average molecular weight is 250 g/mol. The predicted octanol–water partition coefficient (Wildman–Crippen LogP) is 2.09. The second kappa shape index (κ2) is 4.80. The first kappa shape index (κ1) is 11.3. The third-order valence-corrected chi connectivity index (χ3v) is 2.26. The third kappa shape index (κ3) is 2.70. The molecule has 2 rings (SSSR count). The fourth-order valence-electron chi connectivity index (χ4n) is 1.19. The summed E-state index contributed by atoms with van der Waals surface area (Å²) >= 11 is 5.61. The minimum absolute atomic E-state index is 0.0460. The van der Waals surface area contributed by atoms with E-state index in [-0.39, 0.29) is 11.4 Å². The van der Waals surface area contributed by atoms with Gasteiger partial charge < -0.3 is 10.4 Å². The molecule has 1 amide bonds. The number of anilines is 1. The zero-order valence-electron chi connectivity index (χ0n) is 8.59. The van der Waals surface area contributed by atoms with Crippen LogP contribution in [0, 0.1) is 0 Å². The largest absolute Gasteiger partial charge is 0.506 e. The van der Waals surface area contributed by atoms with Crippen LogP contribution < -0.4 is 5.32 Å². The summed E-state index contributed by atoms with van der Waals surface area (Å²) in [6.07, 6.45) is 4.14. The van der Waals surface area contributed by atoms with Crippen LogP contribution in [-0.2, 0) is 0 Å². The van der Waals surface area contributed by atoms with E-state index in [1.165, 1.54) is 36.8 Å². The Morgan fingerprint density at radius 2 is 2.12 bits per heavy atom. The van der Waals surface area contributed by atoms with Crippen molar-refractivity contribution < 1.29 is 9.90 Å². The number of nitrogens with zero attached hydrogens (tertiary/aromatic N) is 2. The van der Waals surface area contributed by atoms with E-state index in [1.807, 2.05) is 0 Å². The fourth-order valence-corrected chi connectivity index (χ4v) is 1.30. The highest BCUT2D eigenvalue weighted by Crippen LogP contribution is 2.20. The maximum absolute atomic E-state index is 11.7. The number of nitrogens with one attached hydrogen (secondary N) is 1. The van der Waals surface area contributed by atoms with Gasteiger partial charge >= 0.3 is 0 Å². The SMILES string of the molecule is O=C(Nc1cnccc1O)c1ccc(Cl)nc1. The van der Waals surface area contributed by atoms with Gasteiger partial charge in [-0.25, -0.2) is 4.98 Å². The molecular formula is C11H8ClN3O2. The number of carbonyl (C=O) groups excluding carboxylic acids is 1. The van der Waals surface area contributed by atoms with Gasteiger partial charge in [-0.3, -0.25) is 9.78 Å². The molecule has 6 heteroatoms. The van der Waals surface area contributed by atoms with E-state index < -0.39 is 5.91 Å². The smallest absolute Gasteiger partial charge is 0.257 e. The fraction of sp³-hybridized carbons (Fsp3) is 0. The Morgan fingerprint density at radius 3 is 2.76 bits per heavy atom. The molecule has 0 atom stereocenters. The first-order valence-corrected chi connectivity index (χ1v) is 5.10. The van der Waals surface area contributed by atoms with E-state index >= 15 is 0 Å². The minimum Gasteiger partial charge on any atom is -0.506 e. The molecule has 17 heavy (non-hydrogen) atoms. The molecule has 0 aliphatic rings. The maximum Gasteiger partial charge on any atom is 0.257 e. The predicted molar refractivity (Wildman–Crippen MR) is 63.1 cm³/mol. The summed E-state index contributed by atoms with van der Waals surface area (Å²) in [5, 5.41) is 12.3. The Labute approximate surface area is 102 Å². The van der Waals surface area contributed by atoms with Gasteiger partial charge in [-0.05, 0) is 12.1 Å². The van der Waals surface area contributed by atoms with Gasteiger partial charge in [-0.2, -0.15) is 0 Å². The van der Waals surface area contributed by atoms with Gasteiger partial charge in [0.05, 0.1) is 11.8 Å². The van der Waals surface area contributed by atoms with Crippen LogP contribution in [0.3, 0.4) is 0 Å². The minimum atomic E-state index is -0.391. The maximum atomic E-state index is 11.7. The molecule has 0 saturated carbocycles. The monoisotopic (exact) mass is 249 g/mol. The van der Waals surface area contributed by atoms with Crippen LogP contribution >= 0.6 is 11.6 Å².